The van der Waals surface area contributed by atoms with Crippen LogP contribution in [0.25, 0.3) is 0 Å². The summed E-state index contributed by atoms with van der Waals surface area (Å²) in [6.07, 6.45) is -5.13. The smallest absolute Gasteiger partial charge is 0.418 e. The number of carbonyl (C=O) groups excluding carboxylic acids is 1. The van der Waals surface area contributed by atoms with Crippen LogP contribution in [0.4, 0.5) is 13.2 Å². The van der Waals surface area contributed by atoms with Crippen LogP contribution in [-0.4, -0.2) is 47.9 Å². The van der Waals surface area contributed by atoms with Gasteiger partial charge in [-0.3, -0.25) is 4.79 Å². The number of β-amino-alcohol motifs (C(OH)–C–C–N with tert-alkyl or cyclic N) is 1. The summed E-state index contributed by atoms with van der Waals surface area (Å²) in [5.41, 5.74) is -2.76. The lowest BCUT2D eigenvalue weighted by atomic mass is 9.91. The van der Waals surface area contributed by atoms with Crippen molar-refractivity contribution in [2.24, 2.45) is 0 Å². The van der Waals surface area contributed by atoms with Crippen LogP contribution in [0.1, 0.15) is 23.2 Å². The van der Waals surface area contributed by atoms with Crippen molar-refractivity contribution in [2.75, 3.05) is 20.2 Å². The van der Waals surface area contributed by atoms with Crippen LogP contribution in [0.15, 0.2) is 18.2 Å². The molecule has 1 amide bonds. The molecule has 0 spiro atoms. The minimum Gasteiger partial charge on any atom is -0.496 e. The maximum absolute atomic E-state index is 12.9. The highest BCUT2D eigenvalue weighted by molar-refractivity contribution is 6.30. The molecule has 1 aliphatic heterocycles. The van der Waals surface area contributed by atoms with E-state index in [-0.39, 0.29) is 24.3 Å². The SMILES string of the molecule is COc1cc(Cl)ccc1C(=O)N1CCC[C@@](O)(C(F)(F)F)C1. The predicted molar refractivity (Wildman–Crippen MR) is 74.1 cm³/mol. The summed E-state index contributed by atoms with van der Waals surface area (Å²) in [6.45, 7) is -0.649. The minimum absolute atomic E-state index is 0.0671. The average molecular weight is 338 g/mol. The van der Waals surface area contributed by atoms with Crippen LogP contribution in [0.2, 0.25) is 5.02 Å². The van der Waals surface area contributed by atoms with Crippen molar-refractivity contribution < 1.29 is 27.8 Å². The zero-order valence-electron chi connectivity index (χ0n) is 11.8. The van der Waals surface area contributed by atoms with Gasteiger partial charge in [0.2, 0.25) is 0 Å². The van der Waals surface area contributed by atoms with Crippen molar-refractivity contribution >= 4 is 17.5 Å². The fourth-order valence-corrected chi connectivity index (χ4v) is 2.62. The fraction of sp³-hybridized carbons (Fsp3) is 0.500. The van der Waals surface area contributed by atoms with E-state index in [2.05, 4.69) is 0 Å². The Labute approximate surface area is 130 Å². The number of carbonyl (C=O) groups is 1. The molecule has 8 heteroatoms. The number of hydrogen-bond donors (Lipinski definition) is 1. The monoisotopic (exact) mass is 337 g/mol. The van der Waals surface area contributed by atoms with E-state index in [9.17, 15) is 23.1 Å². The second kappa shape index (κ2) is 5.96. The van der Waals surface area contributed by atoms with E-state index in [0.717, 1.165) is 4.90 Å². The molecule has 0 radical (unpaired) electrons. The Hall–Kier alpha value is -1.47. The second-order valence-corrected chi connectivity index (χ2v) is 5.64. The molecular weight excluding hydrogens is 323 g/mol. The van der Waals surface area contributed by atoms with Gasteiger partial charge >= 0.3 is 6.18 Å². The van der Waals surface area contributed by atoms with Gasteiger partial charge in [-0.25, -0.2) is 0 Å². The van der Waals surface area contributed by atoms with E-state index >= 15 is 0 Å². The Morgan fingerprint density at radius 1 is 1.45 bits per heavy atom. The number of likely N-dealkylation sites (tertiary alicyclic amines) is 1. The molecule has 1 aliphatic rings. The summed E-state index contributed by atoms with van der Waals surface area (Å²) in [5.74, 6) is -0.450. The third kappa shape index (κ3) is 3.15. The fourth-order valence-electron chi connectivity index (χ4n) is 2.45. The third-order valence-corrected chi connectivity index (χ3v) is 3.91. The first kappa shape index (κ1) is 16.9. The number of benzene rings is 1. The number of alkyl halides is 3. The number of methoxy groups -OCH3 is 1. The van der Waals surface area contributed by atoms with Gasteiger partial charge in [0.25, 0.3) is 5.91 Å². The Kier molecular flexibility index (Phi) is 4.58. The van der Waals surface area contributed by atoms with Gasteiger partial charge in [-0.15, -0.1) is 0 Å². The van der Waals surface area contributed by atoms with E-state index in [1.54, 1.807) is 0 Å². The van der Waals surface area contributed by atoms with Crippen LogP contribution in [0.3, 0.4) is 0 Å². The number of hydrogen-bond acceptors (Lipinski definition) is 3. The molecule has 1 saturated heterocycles. The first-order valence-corrected chi connectivity index (χ1v) is 6.98. The van der Waals surface area contributed by atoms with Crippen LogP contribution in [0.5, 0.6) is 5.75 Å². The van der Waals surface area contributed by atoms with Gasteiger partial charge in [0.1, 0.15) is 5.75 Å². The molecule has 1 atom stereocenters. The number of nitrogens with zero attached hydrogens (tertiary/aromatic N) is 1. The first-order valence-electron chi connectivity index (χ1n) is 6.60. The predicted octanol–water partition coefficient (Wildman–Crippen LogP) is 2.88. The maximum atomic E-state index is 12.9. The van der Waals surface area contributed by atoms with Gasteiger partial charge in [-0.05, 0) is 31.0 Å². The van der Waals surface area contributed by atoms with Crippen LogP contribution in [0, 0.1) is 0 Å². The molecule has 0 bridgehead atoms. The molecule has 1 N–H and O–H groups in total. The average Bonchev–Trinajstić information content (AvgIpc) is 2.45. The summed E-state index contributed by atoms with van der Waals surface area (Å²) < 4.78 is 43.8. The van der Waals surface area contributed by atoms with Crippen LogP contribution < -0.4 is 4.74 Å². The van der Waals surface area contributed by atoms with Crippen molar-refractivity contribution in [3.05, 3.63) is 28.8 Å². The van der Waals surface area contributed by atoms with Gasteiger partial charge in [0, 0.05) is 11.6 Å². The molecule has 1 fully saturated rings. The number of piperidine rings is 1. The molecule has 1 heterocycles. The number of rotatable bonds is 2. The van der Waals surface area contributed by atoms with E-state index in [1.165, 1.54) is 25.3 Å². The minimum atomic E-state index is -4.78. The largest absolute Gasteiger partial charge is 0.496 e. The summed E-state index contributed by atoms with van der Waals surface area (Å²) >= 11 is 5.80. The molecule has 122 valence electrons. The standard InChI is InChI=1S/C14H15ClF3NO3/c1-22-11-7-9(15)3-4-10(11)12(20)19-6-2-5-13(21,8-19)14(16,17)18/h3-4,7,21H,2,5-6,8H2,1H3/t13-/m0/s1. The normalized spacial score (nSPS) is 22.5. The van der Waals surface area contributed by atoms with E-state index in [1.807, 2.05) is 0 Å². The van der Waals surface area contributed by atoms with Gasteiger partial charge in [0.05, 0.1) is 19.2 Å². The third-order valence-electron chi connectivity index (χ3n) is 3.68. The highest BCUT2D eigenvalue weighted by Gasteiger charge is 2.56. The quantitative estimate of drug-likeness (QED) is 0.902. The topological polar surface area (TPSA) is 49.8 Å². The van der Waals surface area contributed by atoms with Crippen molar-refractivity contribution in [2.45, 2.75) is 24.6 Å². The molecule has 22 heavy (non-hydrogen) atoms. The summed E-state index contributed by atoms with van der Waals surface area (Å²) in [4.78, 5) is 13.4. The van der Waals surface area contributed by atoms with Gasteiger partial charge in [-0.2, -0.15) is 13.2 Å². The lowest BCUT2D eigenvalue weighted by molar-refractivity contribution is -0.271. The molecule has 0 aromatic heterocycles. The van der Waals surface area contributed by atoms with Crippen molar-refractivity contribution in [1.29, 1.82) is 0 Å². The first-order chi connectivity index (χ1) is 10.2. The Bertz CT molecular complexity index is 579. The lowest BCUT2D eigenvalue weighted by Gasteiger charge is -2.40. The molecule has 4 nitrogen and oxygen atoms in total. The number of ether oxygens (including phenoxy) is 1. The van der Waals surface area contributed by atoms with Gasteiger partial charge < -0.3 is 14.7 Å². The van der Waals surface area contributed by atoms with Gasteiger partial charge in [-0.1, -0.05) is 11.6 Å². The number of aliphatic hydroxyl groups is 1. The Morgan fingerprint density at radius 3 is 2.73 bits per heavy atom. The lowest BCUT2D eigenvalue weighted by Crippen LogP contribution is -2.58. The molecule has 1 aromatic carbocycles. The molecule has 0 unspecified atom stereocenters. The highest BCUT2D eigenvalue weighted by atomic mass is 35.5. The van der Waals surface area contributed by atoms with E-state index < -0.39 is 30.7 Å². The summed E-state index contributed by atoms with van der Waals surface area (Å²) in [6, 6.07) is 4.26. The molecular formula is C14H15ClF3NO3. The zero-order chi connectivity index (χ0) is 16.5. The number of halogens is 4. The van der Waals surface area contributed by atoms with Crippen LogP contribution >= 0.6 is 11.6 Å². The van der Waals surface area contributed by atoms with Gasteiger partial charge in [0.15, 0.2) is 5.60 Å². The van der Waals surface area contributed by atoms with Crippen molar-refractivity contribution in [3.8, 4) is 5.75 Å². The Morgan fingerprint density at radius 2 is 2.14 bits per heavy atom. The van der Waals surface area contributed by atoms with Crippen molar-refractivity contribution in [3.63, 3.8) is 0 Å². The maximum Gasteiger partial charge on any atom is 0.418 e. The zero-order valence-corrected chi connectivity index (χ0v) is 12.5. The Balaban J connectivity index is 2.27. The molecule has 2 rings (SSSR count). The van der Waals surface area contributed by atoms with Crippen LogP contribution in [-0.2, 0) is 0 Å². The summed E-state index contributed by atoms with van der Waals surface area (Å²) in [7, 11) is 1.34. The van der Waals surface area contributed by atoms with Crippen molar-refractivity contribution in [1.82, 2.24) is 4.90 Å². The highest BCUT2D eigenvalue weighted by Crippen LogP contribution is 2.38. The van der Waals surface area contributed by atoms with E-state index in [4.69, 9.17) is 16.3 Å². The molecule has 0 saturated carbocycles. The summed E-state index contributed by atoms with van der Waals surface area (Å²) in [5, 5.41) is 10.1. The van der Waals surface area contributed by atoms with E-state index in [0.29, 0.717) is 5.02 Å². The molecule has 0 aliphatic carbocycles. The molecule has 1 aromatic rings. The number of amides is 1. The second-order valence-electron chi connectivity index (χ2n) is 5.20.